The van der Waals surface area contributed by atoms with Crippen LogP contribution in [0.1, 0.15) is 43.0 Å². The average Bonchev–Trinajstić information content (AvgIpc) is 2.80. The fraction of sp³-hybridized carbons (Fsp3) is 0.391. The topological polar surface area (TPSA) is 77.2 Å². The number of carbonyl (C=O) groups excluding carboxylic acids is 1. The smallest absolute Gasteiger partial charge is 0.332 e. The molecule has 7 nitrogen and oxygen atoms in total. The molecule has 1 fully saturated rings. The lowest BCUT2D eigenvalue weighted by Gasteiger charge is -2.35. The third-order valence-electron chi connectivity index (χ3n) is 5.96. The summed E-state index contributed by atoms with van der Waals surface area (Å²) in [5, 5.41) is 0.404. The van der Waals surface area contributed by atoms with E-state index in [1.807, 2.05) is 41.3 Å². The zero-order valence-electron chi connectivity index (χ0n) is 17.4. The maximum absolute atomic E-state index is 13.0. The molecule has 3 aromatic rings. The molecule has 0 bridgehead atoms. The van der Waals surface area contributed by atoms with Crippen molar-refractivity contribution in [3.05, 3.63) is 74.6 Å². The highest BCUT2D eigenvalue weighted by Gasteiger charge is 2.29. The molecule has 3 heterocycles. The van der Waals surface area contributed by atoms with Crippen molar-refractivity contribution < 1.29 is 4.79 Å². The van der Waals surface area contributed by atoms with Crippen molar-refractivity contribution in [2.24, 2.45) is 14.1 Å². The van der Waals surface area contributed by atoms with Gasteiger partial charge >= 0.3 is 5.69 Å². The van der Waals surface area contributed by atoms with Crippen LogP contribution >= 0.6 is 0 Å². The number of carbonyl (C=O) groups is 1. The minimum Gasteiger partial charge on any atom is -0.334 e. The number of hydrogen-bond acceptors (Lipinski definition) is 4. The van der Waals surface area contributed by atoms with Gasteiger partial charge in [0, 0.05) is 27.1 Å². The van der Waals surface area contributed by atoms with E-state index in [2.05, 4.69) is 4.98 Å². The molecule has 0 N–H and O–H groups in total. The number of aryl methyl sites for hydroxylation is 2. The molecular weight excluding hydrogens is 380 g/mol. The second-order valence-electron chi connectivity index (χ2n) is 7.90. The van der Waals surface area contributed by atoms with Gasteiger partial charge in [-0.25, -0.2) is 9.78 Å². The van der Waals surface area contributed by atoms with Crippen LogP contribution in [0.25, 0.3) is 11.0 Å². The van der Waals surface area contributed by atoms with E-state index in [1.54, 1.807) is 13.1 Å². The Labute approximate surface area is 174 Å². The lowest BCUT2D eigenvalue weighted by atomic mass is 9.97. The number of amides is 1. The van der Waals surface area contributed by atoms with Crippen molar-refractivity contribution in [3.8, 4) is 0 Å². The molecular formula is C23H26N4O3. The Balaban J connectivity index is 1.64. The number of fused-ring (bicyclic) bond motifs is 1. The third-order valence-corrected chi connectivity index (χ3v) is 5.96. The number of hydrogen-bond donors (Lipinski definition) is 0. The molecule has 1 aromatic carbocycles. The first-order valence-corrected chi connectivity index (χ1v) is 10.4. The van der Waals surface area contributed by atoms with Crippen LogP contribution in [0.15, 0.2) is 52.1 Å². The first-order valence-electron chi connectivity index (χ1n) is 10.4. The highest BCUT2D eigenvalue weighted by Crippen LogP contribution is 2.31. The van der Waals surface area contributed by atoms with Crippen LogP contribution in [0.2, 0.25) is 0 Å². The van der Waals surface area contributed by atoms with Crippen molar-refractivity contribution in [2.45, 2.75) is 38.1 Å². The van der Waals surface area contributed by atoms with Gasteiger partial charge in [0.15, 0.2) is 0 Å². The number of likely N-dealkylation sites (tertiary alicyclic amines) is 1. The summed E-state index contributed by atoms with van der Waals surface area (Å²) in [6, 6.07) is 13.4. The van der Waals surface area contributed by atoms with Crippen molar-refractivity contribution in [2.75, 3.05) is 6.54 Å². The quantitative estimate of drug-likeness (QED) is 0.666. The van der Waals surface area contributed by atoms with Gasteiger partial charge in [-0.3, -0.25) is 18.7 Å². The summed E-state index contributed by atoms with van der Waals surface area (Å²) in [7, 11) is 3.08. The maximum Gasteiger partial charge on any atom is 0.332 e. The molecule has 7 heteroatoms. The van der Waals surface area contributed by atoms with E-state index < -0.39 is 5.69 Å². The number of aromatic nitrogens is 3. The Morgan fingerprint density at radius 2 is 1.80 bits per heavy atom. The monoisotopic (exact) mass is 406 g/mol. The van der Waals surface area contributed by atoms with Gasteiger partial charge in [-0.05, 0) is 43.4 Å². The van der Waals surface area contributed by atoms with Gasteiger partial charge in [-0.1, -0.05) is 30.3 Å². The van der Waals surface area contributed by atoms with Crippen molar-refractivity contribution in [3.63, 3.8) is 0 Å². The number of nitrogens with zero attached hydrogens (tertiary/aromatic N) is 4. The van der Waals surface area contributed by atoms with Gasteiger partial charge < -0.3 is 4.90 Å². The van der Waals surface area contributed by atoms with Crippen LogP contribution in [0.4, 0.5) is 0 Å². The molecule has 1 atom stereocenters. The minimum atomic E-state index is -0.406. The van der Waals surface area contributed by atoms with Crippen LogP contribution in [-0.4, -0.2) is 31.5 Å². The fourth-order valence-corrected chi connectivity index (χ4v) is 4.23. The van der Waals surface area contributed by atoms with Crippen LogP contribution < -0.4 is 11.2 Å². The summed E-state index contributed by atoms with van der Waals surface area (Å²) in [6.45, 7) is 0.702. The summed E-state index contributed by atoms with van der Waals surface area (Å²) < 4.78 is 2.48. The van der Waals surface area contributed by atoms with E-state index in [4.69, 9.17) is 0 Å². The van der Waals surface area contributed by atoms with E-state index in [-0.39, 0.29) is 17.5 Å². The Hall–Kier alpha value is -3.22. The van der Waals surface area contributed by atoms with Crippen molar-refractivity contribution >= 4 is 16.9 Å². The highest BCUT2D eigenvalue weighted by atomic mass is 16.2. The van der Waals surface area contributed by atoms with Gasteiger partial charge in [0.25, 0.3) is 5.56 Å². The molecule has 0 radical (unpaired) electrons. The molecule has 0 unspecified atom stereocenters. The molecule has 1 amide bonds. The van der Waals surface area contributed by atoms with Gasteiger partial charge in [0.05, 0.1) is 17.1 Å². The van der Waals surface area contributed by atoms with Gasteiger partial charge in [0.1, 0.15) is 5.65 Å². The predicted molar refractivity (Wildman–Crippen MR) is 115 cm³/mol. The van der Waals surface area contributed by atoms with Crippen LogP contribution in [-0.2, 0) is 25.3 Å². The Kier molecular flexibility index (Phi) is 5.53. The second-order valence-corrected chi connectivity index (χ2v) is 7.90. The van der Waals surface area contributed by atoms with Crippen LogP contribution in [0, 0.1) is 0 Å². The maximum atomic E-state index is 13.0. The van der Waals surface area contributed by atoms with Crippen molar-refractivity contribution in [1.29, 1.82) is 0 Å². The molecule has 0 spiro atoms. The molecule has 4 rings (SSSR count). The number of benzene rings is 1. The minimum absolute atomic E-state index is 0.114. The molecule has 0 aliphatic carbocycles. The fourth-order valence-electron chi connectivity index (χ4n) is 4.23. The van der Waals surface area contributed by atoms with E-state index in [9.17, 15) is 14.4 Å². The zero-order valence-corrected chi connectivity index (χ0v) is 17.4. The molecule has 30 heavy (non-hydrogen) atoms. The van der Waals surface area contributed by atoms with E-state index in [0.29, 0.717) is 30.4 Å². The van der Waals surface area contributed by atoms with Crippen LogP contribution in [0.5, 0.6) is 0 Å². The molecule has 2 aromatic heterocycles. The normalized spacial score (nSPS) is 16.7. The lowest BCUT2D eigenvalue weighted by Crippen LogP contribution is -2.40. The first kappa shape index (κ1) is 20.1. The predicted octanol–water partition coefficient (Wildman–Crippen LogP) is 2.32. The molecule has 0 saturated carbocycles. The lowest BCUT2D eigenvalue weighted by molar-refractivity contribution is -0.135. The Bertz CT molecular complexity index is 1200. The number of piperidine rings is 1. The van der Waals surface area contributed by atoms with Crippen LogP contribution in [0.3, 0.4) is 0 Å². The standard InChI is InChI=1S/C23H26N4O3/c1-25-21-17(22(29)26(2)23(25)30)12-13-18(24-21)19-10-6-7-15-27(19)20(28)14-11-16-8-4-3-5-9-16/h3-5,8-9,12-13,19H,6-7,10-11,14-15H2,1-2H3/t19-/m0/s1. The highest BCUT2D eigenvalue weighted by molar-refractivity contribution is 5.77. The summed E-state index contributed by atoms with van der Waals surface area (Å²) in [5.74, 6) is 0.114. The summed E-state index contributed by atoms with van der Waals surface area (Å²) in [6.07, 6.45) is 3.97. The summed E-state index contributed by atoms with van der Waals surface area (Å²) in [4.78, 5) is 44.3. The second kappa shape index (κ2) is 8.26. The largest absolute Gasteiger partial charge is 0.334 e. The Morgan fingerprint density at radius 1 is 1.03 bits per heavy atom. The van der Waals surface area contributed by atoms with E-state index in [0.717, 1.165) is 35.1 Å². The zero-order chi connectivity index (χ0) is 21.3. The number of pyridine rings is 1. The molecule has 1 saturated heterocycles. The summed E-state index contributed by atoms with van der Waals surface area (Å²) in [5.41, 5.74) is 1.48. The molecule has 1 aliphatic heterocycles. The first-order chi connectivity index (χ1) is 14.5. The molecule has 156 valence electrons. The SMILES string of the molecule is Cn1c(=O)c2ccc([C@@H]3CCCCN3C(=O)CCc3ccccc3)nc2n(C)c1=O. The Morgan fingerprint density at radius 3 is 2.57 bits per heavy atom. The average molecular weight is 406 g/mol. The van der Waals surface area contributed by atoms with Gasteiger partial charge in [-0.15, -0.1) is 0 Å². The van der Waals surface area contributed by atoms with Gasteiger partial charge in [0.2, 0.25) is 5.91 Å². The van der Waals surface area contributed by atoms with Gasteiger partial charge in [-0.2, -0.15) is 0 Å². The molecule has 1 aliphatic rings. The third kappa shape index (κ3) is 3.67. The number of rotatable bonds is 4. The summed E-state index contributed by atoms with van der Waals surface area (Å²) >= 11 is 0. The van der Waals surface area contributed by atoms with E-state index in [1.165, 1.54) is 11.6 Å². The van der Waals surface area contributed by atoms with E-state index >= 15 is 0 Å². The van der Waals surface area contributed by atoms with Crippen molar-refractivity contribution in [1.82, 2.24) is 19.0 Å².